The smallest absolute Gasteiger partial charge is 0.264 e. The summed E-state index contributed by atoms with van der Waals surface area (Å²) in [7, 11) is 0. The van der Waals surface area contributed by atoms with E-state index in [9.17, 15) is 4.79 Å². The van der Waals surface area contributed by atoms with E-state index >= 15 is 0 Å². The van der Waals surface area contributed by atoms with E-state index in [1.807, 2.05) is 43.0 Å². The highest BCUT2D eigenvalue weighted by Gasteiger charge is 2.25. The molecule has 0 spiro atoms. The van der Waals surface area contributed by atoms with Gasteiger partial charge in [-0.3, -0.25) is 4.79 Å². The van der Waals surface area contributed by atoms with E-state index in [1.165, 1.54) is 11.3 Å². The van der Waals surface area contributed by atoms with Crippen molar-refractivity contribution in [2.75, 3.05) is 26.3 Å². The average molecular weight is 388 g/mol. The Balaban J connectivity index is 1.80. The zero-order valence-electron chi connectivity index (χ0n) is 14.6. The minimum Gasteiger partial charge on any atom is -0.378 e. The fourth-order valence-electron chi connectivity index (χ4n) is 3.22. The number of hydrogen-bond donors (Lipinski definition) is 0. The van der Waals surface area contributed by atoms with Gasteiger partial charge in [-0.1, -0.05) is 23.7 Å². The van der Waals surface area contributed by atoms with Gasteiger partial charge in [0.15, 0.2) is 5.82 Å². The number of hydrogen-bond acceptors (Lipinski definition) is 5. The predicted molar refractivity (Wildman–Crippen MR) is 104 cm³/mol. The third-order valence-corrected chi connectivity index (χ3v) is 6.08. The summed E-state index contributed by atoms with van der Waals surface area (Å²) >= 11 is 7.73. The van der Waals surface area contributed by atoms with Gasteiger partial charge in [-0.15, -0.1) is 11.3 Å². The van der Waals surface area contributed by atoms with Crippen molar-refractivity contribution in [3.8, 4) is 11.4 Å². The number of benzene rings is 1. The zero-order chi connectivity index (χ0) is 18.3. The van der Waals surface area contributed by atoms with Crippen molar-refractivity contribution in [3.63, 3.8) is 0 Å². The number of fused-ring (bicyclic) bond motifs is 1. The van der Waals surface area contributed by atoms with Crippen LogP contribution in [0.25, 0.3) is 21.6 Å². The number of carbonyl (C=O) groups is 1. The molecule has 3 aromatic rings. The number of nitrogens with zero attached hydrogens (tertiary/aromatic N) is 3. The van der Waals surface area contributed by atoms with Gasteiger partial charge in [-0.05, 0) is 31.5 Å². The summed E-state index contributed by atoms with van der Waals surface area (Å²) in [4.78, 5) is 25.7. The number of ether oxygens (including phenoxy) is 1. The largest absolute Gasteiger partial charge is 0.378 e. The molecule has 0 unspecified atom stereocenters. The lowest BCUT2D eigenvalue weighted by molar-refractivity contribution is 0.0306. The van der Waals surface area contributed by atoms with Gasteiger partial charge in [0.05, 0.1) is 28.8 Å². The summed E-state index contributed by atoms with van der Waals surface area (Å²) in [5.41, 5.74) is 2.61. The fraction of sp³-hybridized carbons (Fsp3) is 0.316. The number of morpholine rings is 1. The monoisotopic (exact) mass is 387 g/mol. The maximum Gasteiger partial charge on any atom is 0.264 e. The molecular weight excluding hydrogens is 370 g/mol. The minimum atomic E-state index is 0.0486. The van der Waals surface area contributed by atoms with Crippen LogP contribution in [0.3, 0.4) is 0 Å². The molecule has 4 rings (SSSR count). The number of carbonyl (C=O) groups excluding carboxylic acids is 1. The Kier molecular flexibility index (Phi) is 4.65. The molecule has 1 aliphatic rings. The Morgan fingerprint density at radius 2 is 1.92 bits per heavy atom. The lowest BCUT2D eigenvalue weighted by atomic mass is 10.1. The first-order chi connectivity index (χ1) is 12.6. The van der Waals surface area contributed by atoms with Crippen molar-refractivity contribution < 1.29 is 9.53 Å². The van der Waals surface area contributed by atoms with Crippen LogP contribution in [0.15, 0.2) is 24.3 Å². The van der Waals surface area contributed by atoms with Gasteiger partial charge < -0.3 is 9.64 Å². The van der Waals surface area contributed by atoms with Gasteiger partial charge in [-0.2, -0.15) is 0 Å². The zero-order valence-corrected chi connectivity index (χ0v) is 16.2. The molecule has 0 saturated carbocycles. The van der Waals surface area contributed by atoms with Crippen molar-refractivity contribution in [1.82, 2.24) is 14.9 Å². The summed E-state index contributed by atoms with van der Waals surface area (Å²) in [6, 6.07) is 7.53. The van der Waals surface area contributed by atoms with Crippen molar-refractivity contribution in [2.45, 2.75) is 13.8 Å². The van der Waals surface area contributed by atoms with E-state index in [1.54, 1.807) is 0 Å². The Hall–Kier alpha value is -2.02. The molecule has 1 aromatic carbocycles. The molecule has 134 valence electrons. The third-order valence-electron chi connectivity index (χ3n) is 4.58. The molecule has 1 aliphatic heterocycles. The van der Waals surface area contributed by atoms with Gasteiger partial charge in [0.2, 0.25) is 0 Å². The van der Waals surface area contributed by atoms with Crippen molar-refractivity contribution in [2.24, 2.45) is 0 Å². The molecular formula is C19H18ClN3O2S. The Labute approximate surface area is 160 Å². The van der Waals surface area contributed by atoms with Crippen molar-refractivity contribution in [1.29, 1.82) is 0 Å². The van der Waals surface area contributed by atoms with E-state index in [2.05, 4.69) is 4.98 Å². The van der Waals surface area contributed by atoms with Crippen LogP contribution in [0.1, 0.15) is 20.9 Å². The van der Waals surface area contributed by atoms with Crippen molar-refractivity contribution >= 4 is 39.1 Å². The Morgan fingerprint density at radius 3 is 2.65 bits per heavy atom. The number of aryl methyl sites for hydroxylation is 2. The van der Waals surface area contributed by atoms with Crippen LogP contribution in [-0.2, 0) is 4.74 Å². The van der Waals surface area contributed by atoms with Crippen molar-refractivity contribution in [3.05, 3.63) is 45.4 Å². The van der Waals surface area contributed by atoms with Gasteiger partial charge in [0.25, 0.3) is 5.91 Å². The molecule has 26 heavy (non-hydrogen) atoms. The number of rotatable bonds is 2. The highest BCUT2D eigenvalue weighted by atomic mass is 35.5. The van der Waals surface area contributed by atoms with Gasteiger partial charge in [-0.25, -0.2) is 9.97 Å². The molecule has 1 amide bonds. The first-order valence-corrected chi connectivity index (χ1v) is 9.65. The lowest BCUT2D eigenvalue weighted by Crippen LogP contribution is -2.40. The van der Waals surface area contributed by atoms with Crippen LogP contribution in [0.2, 0.25) is 5.02 Å². The van der Waals surface area contributed by atoms with Crippen LogP contribution in [-0.4, -0.2) is 47.1 Å². The molecule has 7 heteroatoms. The first-order valence-electron chi connectivity index (χ1n) is 8.46. The second kappa shape index (κ2) is 6.95. The minimum absolute atomic E-state index is 0.0486. The van der Waals surface area contributed by atoms with Gasteiger partial charge in [0.1, 0.15) is 4.83 Å². The summed E-state index contributed by atoms with van der Waals surface area (Å²) < 4.78 is 5.34. The molecule has 0 atom stereocenters. The second-order valence-corrected chi connectivity index (χ2v) is 7.66. The number of amides is 1. The number of aromatic nitrogens is 2. The molecule has 0 bridgehead atoms. The van der Waals surface area contributed by atoms with Crippen LogP contribution >= 0.6 is 22.9 Å². The molecule has 1 fully saturated rings. The molecule has 2 aromatic heterocycles. The van der Waals surface area contributed by atoms with Crippen LogP contribution in [0.4, 0.5) is 0 Å². The van der Waals surface area contributed by atoms with Gasteiger partial charge >= 0.3 is 0 Å². The SMILES string of the molecule is Cc1nc(-c2ccccc2Cl)nc2sc(C(=O)N3CCOCC3)c(C)c12. The van der Waals surface area contributed by atoms with E-state index < -0.39 is 0 Å². The molecule has 1 saturated heterocycles. The molecule has 0 N–H and O–H groups in total. The van der Waals surface area contributed by atoms with E-state index in [0.29, 0.717) is 37.2 Å². The molecule has 3 heterocycles. The van der Waals surface area contributed by atoms with Crippen LogP contribution in [0, 0.1) is 13.8 Å². The number of thiophene rings is 1. The van der Waals surface area contributed by atoms with Gasteiger partial charge in [0, 0.05) is 24.0 Å². The summed E-state index contributed by atoms with van der Waals surface area (Å²) in [6.45, 7) is 6.35. The lowest BCUT2D eigenvalue weighted by Gasteiger charge is -2.26. The topological polar surface area (TPSA) is 55.3 Å². The molecule has 0 radical (unpaired) electrons. The van der Waals surface area contributed by atoms with Crippen LogP contribution in [0.5, 0.6) is 0 Å². The quantitative estimate of drug-likeness (QED) is 0.664. The number of halogens is 1. The summed E-state index contributed by atoms with van der Waals surface area (Å²) in [5, 5.41) is 1.58. The standard InChI is InChI=1S/C19H18ClN3O2S/c1-11-15-12(2)21-17(13-5-3-4-6-14(13)20)22-18(15)26-16(11)19(24)23-7-9-25-10-8-23/h3-6H,7-10H2,1-2H3. The maximum absolute atomic E-state index is 12.9. The predicted octanol–water partition coefficient (Wildman–Crippen LogP) is 4.10. The Bertz CT molecular complexity index is 996. The van der Waals surface area contributed by atoms with E-state index in [-0.39, 0.29) is 5.91 Å². The highest BCUT2D eigenvalue weighted by molar-refractivity contribution is 7.20. The normalized spacial score (nSPS) is 14.8. The maximum atomic E-state index is 12.9. The first kappa shape index (κ1) is 17.4. The summed E-state index contributed by atoms with van der Waals surface area (Å²) in [5.74, 6) is 0.639. The van der Waals surface area contributed by atoms with Crippen LogP contribution < -0.4 is 0 Å². The fourth-order valence-corrected chi connectivity index (χ4v) is 4.64. The second-order valence-electron chi connectivity index (χ2n) is 6.25. The highest BCUT2D eigenvalue weighted by Crippen LogP contribution is 2.35. The molecule has 5 nitrogen and oxygen atoms in total. The average Bonchev–Trinajstić information content (AvgIpc) is 2.99. The molecule has 0 aliphatic carbocycles. The van der Waals surface area contributed by atoms with E-state index in [4.69, 9.17) is 21.3 Å². The Morgan fingerprint density at radius 1 is 1.19 bits per heavy atom. The summed E-state index contributed by atoms with van der Waals surface area (Å²) in [6.07, 6.45) is 0. The third kappa shape index (κ3) is 2.98. The van der Waals surface area contributed by atoms with E-state index in [0.717, 1.165) is 31.9 Å².